The average Bonchev–Trinajstić information content (AvgIpc) is 2.35. The fourth-order valence-corrected chi connectivity index (χ4v) is 2.58. The van der Waals surface area contributed by atoms with E-state index in [1.54, 1.807) is 6.07 Å². The first-order valence-electron chi connectivity index (χ1n) is 6.41. The van der Waals surface area contributed by atoms with Gasteiger partial charge in [0.2, 0.25) is 0 Å². The van der Waals surface area contributed by atoms with Crippen LogP contribution in [0.15, 0.2) is 18.2 Å². The maximum absolute atomic E-state index is 9.18. The molecule has 0 spiro atoms. The van der Waals surface area contributed by atoms with Crippen molar-refractivity contribution in [3.63, 3.8) is 0 Å². The zero-order valence-corrected chi connectivity index (χ0v) is 12.5. The molecule has 0 aromatic heterocycles. The first-order valence-corrected chi connectivity index (χ1v) is 7.16. The van der Waals surface area contributed by atoms with Gasteiger partial charge in [-0.3, -0.25) is 4.90 Å². The number of aliphatic hydroxyl groups is 1. The number of nitrogens with zero attached hydrogens (tertiary/aromatic N) is 1. The van der Waals surface area contributed by atoms with Crippen molar-refractivity contribution in [2.75, 3.05) is 13.2 Å². The smallest absolute Gasteiger partial charge is 0.0558 e. The normalized spacial score (nSPS) is 11.5. The van der Waals surface area contributed by atoms with Crippen molar-refractivity contribution in [1.82, 2.24) is 4.90 Å². The Balaban J connectivity index is 2.85. The Labute approximate surface area is 120 Å². The fraction of sp³-hybridized carbons (Fsp3) is 0.571. The van der Waals surface area contributed by atoms with E-state index in [9.17, 15) is 5.11 Å². The molecule has 1 aromatic carbocycles. The van der Waals surface area contributed by atoms with E-state index in [1.807, 2.05) is 12.1 Å². The quantitative estimate of drug-likeness (QED) is 0.821. The Bertz CT molecular complexity index is 367. The monoisotopic (exact) mass is 289 g/mol. The lowest BCUT2D eigenvalue weighted by molar-refractivity contribution is 0.136. The number of aliphatic hydroxyl groups excluding tert-OH is 1. The summed E-state index contributed by atoms with van der Waals surface area (Å²) in [7, 11) is 0. The Morgan fingerprint density at radius 3 is 2.44 bits per heavy atom. The molecule has 1 N–H and O–H groups in total. The minimum atomic E-state index is 0.161. The van der Waals surface area contributed by atoms with Gasteiger partial charge in [0, 0.05) is 29.2 Å². The molecule has 18 heavy (non-hydrogen) atoms. The Kier molecular flexibility index (Phi) is 7.02. The third-order valence-corrected chi connectivity index (χ3v) is 3.83. The molecular weight excluding hydrogens is 269 g/mol. The van der Waals surface area contributed by atoms with Crippen LogP contribution in [0.3, 0.4) is 0 Å². The van der Waals surface area contributed by atoms with Crippen LogP contribution in [0.5, 0.6) is 0 Å². The molecule has 102 valence electrons. The summed E-state index contributed by atoms with van der Waals surface area (Å²) >= 11 is 12.2. The number of hydrogen-bond donors (Lipinski definition) is 1. The van der Waals surface area contributed by atoms with Crippen LogP contribution in [0.1, 0.15) is 32.3 Å². The van der Waals surface area contributed by atoms with E-state index in [0.29, 0.717) is 17.6 Å². The second kappa shape index (κ2) is 8.00. The number of halogens is 2. The highest BCUT2D eigenvalue weighted by Gasteiger charge is 2.16. The molecular formula is C14H21Cl2NO. The number of hydrogen-bond acceptors (Lipinski definition) is 2. The van der Waals surface area contributed by atoms with Gasteiger partial charge in [-0.1, -0.05) is 37.0 Å². The SMILES string of the molecule is CCC(CC)N(CCO)Cc1cc(Cl)ccc1Cl. The summed E-state index contributed by atoms with van der Waals surface area (Å²) in [5.74, 6) is 0. The van der Waals surface area contributed by atoms with Gasteiger partial charge in [-0.15, -0.1) is 0 Å². The van der Waals surface area contributed by atoms with Gasteiger partial charge >= 0.3 is 0 Å². The molecule has 0 saturated heterocycles. The molecule has 0 aliphatic carbocycles. The van der Waals surface area contributed by atoms with Gasteiger partial charge in [0.05, 0.1) is 6.61 Å². The van der Waals surface area contributed by atoms with E-state index in [4.69, 9.17) is 23.2 Å². The molecule has 0 radical (unpaired) electrons. The van der Waals surface area contributed by atoms with Gasteiger partial charge in [0.25, 0.3) is 0 Å². The average molecular weight is 290 g/mol. The first-order chi connectivity index (χ1) is 8.62. The van der Waals surface area contributed by atoms with E-state index in [1.165, 1.54) is 0 Å². The van der Waals surface area contributed by atoms with E-state index in [2.05, 4.69) is 18.7 Å². The molecule has 0 heterocycles. The number of benzene rings is 1. The van der Waals surface area contributed by atoms with Crippen molar-refractivity contribution >= 4 is 23.2 Å². The summed E-state index contributed by atoms with van der Waals surface area (Å²) in [5, 5.41) is 10.6. The highest BCUT2D eigenvalue weighted by atomic mass is 35.5. The Morgan fingerprint density at radius 1 is 1.22 bits per heavy atom. The van der Waals surface area contributed by atoms with Crippen molar-refractivity contribution in [2.24, 2.45) is 0 Å². The molecule has 4 heteroatoms. The van der Waals surface area contributed by atoms with E-state index in [0.717, 1.165) is 30.0 Å². The summed E-state index contributed by atoms with van der Waals surface area (Å²) in [6.45, 7) is 5.88. The standard InChI is InChI=1S/C14H21Cl2NO/c1-3-13(4-2)17(7-8-18)10-11-9-12(15)5-6-14(11)16/h5-6,9,13,18H,3-4,7-8,10H2,1-2H3. The predicted octanol–water partition coefficient (Wildman–Crippen LogP) is 3.98. The molecule has 0 atom stereocenters. The van der Waals surface area contributed by atoms with E-state index < -0.39 is 0 Å². The maximum Gasteiger partial charge on any atom is 0.0558 e. The first kappa shape index (κ1) is 15.8. The second-order valence-electron chi connectivity index (χ2n) is 4.40. The lowest BCUT2D eigenvalue weighted by Gasteiger charge is -2.30. The van der Waals surface area contributed by atoms with Crippen molar-refractivity contribution < 1.29 is 5.11 Å². The van der Waals surface area contributed by atoms with Gasteiger partial charge in [-0.2, -0.15) is 0 Å². The van der Waals surface area contributed by atoms with Crippen LogP contribution in [0.2, 0.25) is 10.0 Å². The van der Waals surface area contributed by atoms with Gasteiger partial charge < -0.3 is 5.11 Å². The fourth-order valence-electron chi connectivity index (χ4n) is 2.21. The number of rotatable bonds is 7. The third-order valence-electron chi connectivity index (χ3n) is 3.23. The van der Waals surface area contributed by atoms with Crippen LogP contribution in [0, 0.1) is 0 Å². The zero-order valence-electron chi connectivity index (χ0n) is 11.0. The molecule has 0 bridgehead atoms. The molecule has 0 fully saturated rings. The topological polar surface area (TPSA) is 23.5 Å². The largest absolute Gasteiger partial charge is 0.395 e. The van der Waals surface area contributed by atoms with Crippen LogP contribution in [-0.2, 0) is 6.54 Å². The van der Waals surface area contributed by atoms with Crippen LogP contribution in [0.4, 0.5) is 0 Å². The molecule has 0 aliphatic rings. The van der Waals surface area contributed by atoms with Crippen LogP contribution < -0.4 is 0 Å². The highest BCUT2D eigenvalue weighted by Crippen LogP contribution is 2.23. The summed E-state index contributed by atoms with van der Waals surface area (Å²) in [4.78, 5) is 2.26. The van der Waals surface area contributed by atoms with E-state index >= 15 is 0 Å². The molecule has 1 rings (SSSR count). The van der Waals surface area contributed by atoms with Crippen molar-refractivity contribution in [2.45, 2.75) is 39.3 Å². The summed E-state index contributed by atoms with van der Waals surface area (Å²) in [6.07, 6.45) is 2.13. The molecule has 1 aromatic rings. The molecule has 0 amide bonds. The lowest BCUT2D eigenvalue weighted by Crippen LogP contribution is -2.36. The Hall–Kier alpha value is -0.280. The van der Waals surface area contributed by atoms with Crippen molar-refractivity contribution in [3.8, 4) is 0 Å². The van der Waals surface area contributed by atoms with E-state index in [-0.39, 0.29) is 6.61 Å². The van der Waals surface area contributed by atoms with Crippen molar-refractivity contribution in [1.29, 1.82) is 0 Å². The molecule has 0 saturated carbocycles. The third kappa shape index (κ3) is 4.43. The van der Waals surface area contributed by atoms with Gasteiger partial charge in [-0.05, 0) is 36.6 Å². The van der Waals surface area contributed by atoms with Crippen LogP contribution >= 0.6 is 23.2 Å². The van der Waals surface area contributed by atoms with Gasteiger partial charge in [0.15, 0.2) is 0 Å². The highest BCUT2D eigenvalue weighted by molar-refractivity contribution is 6.33. The minimum absolute atomic E-state index is 0.161. The molecule has 2 nitrogen and oxygen atoms in total. The predicted molar refractivity (Wildman–Crippen MR) is 78.3 cm³/mol. The van der Waals surface area contributed by atoms with Crippen molar-refractivity contribution in [3.05, 3.63) is 33.8 Å². The molecule has 0 unspecified atom stereocenters. The minimum Gasteiger partial charge on any atom is -0.395 e. The van der Waals surface area contributed by atoms with Crippen LogP contribution in [-0.4, -0.2) is 29.2 Å². The lowest BCUT2D eigenvalue weighted by atomic mass is 10.1. The molecule has 0 aliphatic heterocycles. The van der Waals surface area contributed by atoms with Gasteiger partial charge in [0.1, 0.15) is 0 Å². The zero-order chi connectivity index (χ0) is 13.5. The Morgan fingerprint density at radius 2 is 1.89 bits per heavy atom. The summed E-state index contributed by atoms with van der Waals surface area (Å²) in [6, 6.07) is 5.98. The second-order valence-corrected chi connectivity index (χ2v) is 5.24. The maximum atomic E-state index is 9.18. The van der Waals surface area contributed by atoms with Gasteiger partial charge in [-0.25, -0.2) is 0 Å². The summed E-state index contributed by atoms with van der Waals surface area (Å²) < 4.78 is 0. The summed E-state index contributed by atoms with van der Waals surface area (Å²) in [5.41, 5.74) is 1.02. The van der Waals surface area contributed by atoms with Crippen LogP contribution in [0.25, 0.3) is 0 Å².